The van der Waals surface area contributed by atoms with Crippen molar-refractivity contribution in [3.8, 4) is 5.75 Å². The van der Waals surface area contributed by atoms with E-state index in [0.717, 1.165) is 24.0 Å². The second-order valence-corrected chi connectivity index (χ2v) is 5.36. The standard InChI is InChI=1S/C14H16ClNO2/c1-18-12-7-6-10-11(13(12)15)8-16(14(10)17)9-4-2-3-5-9/h6-7,9H,2-5,8H2,1H3. The number of fused-ring (bicyclic) bond motifs is 1. The van der Waals surface area contributed by atoms with Crippen LogP contribution in [0.3, 0.4) is 0 Å². The fraction of sp³-hybridized carbons (Fsp3) is 0.500. The Balaban J connectivity index is 1.95. The van der Waals surface area contributed by atoms with Crippen molar-refractivity contribution in [3.63, 3.8) is 0 Å². The number of ether oxygens (including phenoxy) is 1. The van der Waals surface area contributed by atoms with Gasteiger partial charge in [0.1, 0.15) is 5.75 Å². The van der Waals surface area contributed by atoms with Gasteiger partial charge in [-0.15, -0.1) is 0 Å². The molecule has 2 aliphatic rings. The van der Waals surface area contributed by atoms with Gasteiger partial charge < -0.3 is 9.64 Å². The third-order valence-corrected chi connectivity index (χ3v) is 4.43. The van der Waals surface area contributed by atoms with Crippen LogP contribution in [-0.4, -0.2) is 24.0 Å². The summed E-state index contributed by atoms with van der Waals surface area (Å²) in [6.07, 6.45) is 4.69. The van der Waals surface area contributed by atoms with Crippen molar-refractivity contribution in [2.75, 3.05) is 7.11 Å². The van der Waals surface area contributed by atoms with Crippen LogP contribution in [0, 0.1) is 0 Å². The lowest BCUT2D eigenvalue weighted by atomic mass is 10.1. The lowest BCUT2D eigenvalue weighted by Gasteiger charge is -2.23. The molecule has 96 valence electrons. The van der Waals surface area contributed by atoms with Gasteiger partial charge in [0, 0.05) is 23.7 Å². The van der Waals surface area contributed by atoms with E-state index in [1.165, 1.54) is 12.8 Å². The third-order valence-electron chi connectivity index (χ3n) is 4.01. The smallest absolute Gasteiger partial charge is 0.254 e. The first kappa shape index (κ1) is 11.8. The normalized spacial score (nSPS) is 19.4. The average molecular weight is 266 g/mol. The third kappa shape index (κ3) is 1.69. The first-order valence-electron chi connectivity index (χ1n) is 6.38. The van der Waals surface area contributed by atoms with Crippen LogP contribution in [0.25, 0.3) is 0 Å². The molecule has 3 rings (SSSR count). The highest BCUT2D eigenvalue weighted by Crippen LogP contribution is 2.38. The summed E-state index contributed by atoms with van der Waals surface area (Å²) in [4.78, 5) is 14.3. The number of nitrogens with zero attached hydrogens (tertiary/aromatic N) is 1. The van der Waals surface area contributed by atoms with Crippen molar-refractivity contribution in [1.29, 1.82) is 0 Å². The minimum Gasteiger partial charge on any atom is -0.495 e. The van der Waals surface area contributed by atoms with E-state index in [1.807, 2.05) is 11.0 Å². The van der Waals surface area contributed by atoms with E-state index in [1.54, 1.807) is 13.2 Å². The maximum Gasteiger partial charge on any atom is 0.254 e. The lowest BCUT2D eigenvalue weighted by Crippen LogP contribution is -2.33. The summed E-state index contributed by atoms with van der Waals surface area (Å²) in [5.41, 5.74) is 1.67. The van der Waals surface area contributed by atoms with E-state index in [-0.39, 0.29) is 5.91 Å². The van der Waals surface area contributed by atoms with Crippen molar-refractivity contribution < 1.29 is 9.53 Å². The number of benzene rings is 1. The number of hydrogen-bond donors (Lipinski definition) is 0. The van der Waals surface area contributed by atoms with Crippen molar-refractivity contribution in [2.24, 2.45) is 0 Å². The fourth-order valence-electron chi connectivity index (χ4n) is 3.02. The molecule has 1 aliphatic carbocycles. The van der Waals surface area contributed by atoms with Gasteiger partial charge in [0.05, 0.1) is 12.1 Å². The Labute approximate surface area is 112 Å². The maximum absolute atomic E-state index is 12.4. The molecule has 18 heavy (non-hydrogen) atoms. The molecule has 1 aliphatic heterocycles. The topological polar surface area (TPSA) is 29.5 Å². The van der Waals surface area contributed by atoms with Crippen LogP contribution >= 0.6 is 11.6 Å². The highest BCUT2D eigenvalue weighted by atomic mass is 35.5. The molecule has 0 bridgehead atoms. The van der Waals surface area contributed by atoms with Crippen molar-refractivity contribution in [3.05, 3.63) is 28.3 Å². The second kappa shape index (κ2) is 4.47. The van der Waals surface area contributed by atoms with Crippen LogP contribution < -0.4 is 4.74 Å². The number of halogens is 1. The van der Waals surface area contributed by atoms with Crippen molar-refractivity contribution in [2.45, 2.75) is 38.3 Å². The molecular formula is C14H16ClNO2. The molecular weight excluding hydrogens is 250 g/mol. The molecule has 1 heterocycles. The van der Waals surface area contributed by atoms with E-state index in [0.29, 0.717) is 23.4 Å². The van der Waals surface area contributed by atoms with E-state index in [2.05, 4.69) is 0 Å². The first-order chi connectivity index (χ1) is 8.72. The number of methoxy groups -OCH3 is 1. The fourth-order valence-corrected chi connectivity index (χ4v) is 3.32. The quantitative estimate of drug-likeness (QED) is 0.822. The number of carbonyl (C=O) groups excluding carboxylic acids is 1. The first-order valence-corrected chi connectivity index (χ1v) is 6.76. The van der Waals surface area contributed by atoms with Gasteiger partial charge in [-0.25, -0.2) is 0 Å². The maximum atomic E-state index is 12.4. The summed E-state index contributed by atoms with van der Waals surface area (Å²) >= 11 is 6.29. The number of amides is 1. The Morgan fingerprint density at radius 3 is 2.72 bits per heavy atom. The highest BCUT2D eigenvalue weighted by Gasteiger charge is 2.35. The van der Waals surface area contributed by atoms with Crippen LogP contribution in [0.1, 0.15) is 41.6 Å². The summed E-state index contributed by atoms with van der Waals surface area (Å²) in [7, 11) is 1.60. The summed E-state index contributed by atoms with van der Waals surface area (Å²) in [6, 6.07) is 4.00. The second-order valence-electron chi connectivity index (χ2n) is 4.98. The molecule has 1 fully saturated rings. The zero-order valence-electron chi connectivity index (χ0n) is 10.4. The molecule has 0 unspecified atom stereocenters. The van der Waals surface area contributed by atoms with Gasteiger partial charge in [0.15, 0.2) is 0 Å². The van der Waals surface area contributed by atoms with E-state index < -0.39 is 0 Å². The van der Waals surface area contributed by atoms with Crippen molar-refractivity contribution in [1.82, 2.24) is 4.90 Å². The van der Waals surface area contributed by atoms with Gasteiger partial charge in [0.25, 0.3) is 5.91 Å². The summed E-state index contributed by atoms with van der Waals surface area (Å²) < 4.78 is 5.20. The van der Waals surface area contributed by atoms with Gasteiger partial charge in [0.2, 0.25) is 0 Å². The minimum absolute atomic E-state index is 0.126. The molecule has 0 spiro atoms. The van der Waals surface area contributed by atoms with Crippen LogP contribution in [-0.2, 0) is 6.54 Å². The van der Waals surface area contributed by atoms with Crippen LogP contribution in [0.15, 0.2) is 12.1 Å². The van der Waals surface area contributed by atoms with Gasteiger partial charge in [-0.3, -0.25) is 4.79 Å². The summed E-state index contributed by atoms with van der Waals surface area (Å²) in [6.45, 7) is 0.634. The molecule has 0 N–H and O–H groups in total. The predicted molar refractivity (Wildman–Crippen MR) is 70.1 cm³/mol. The molecule has 0 atom stereocenters. The Bertz CT molecular complexity index is 495. The Morgan fingerprint density at radius 1 is 1.33 bits per heavy atom. The Kier molecular flexibility index (Phi) is 2.94. The lowest BCUT2D eigenvalue weighted by molar-refractivity contribution is 0.0707. The zero-order valence-corrected chi connectivity index (χ0v) is 11.2. The molecule has 4 heteroatoms. The van der Waals surface area contributed by atoms with Crippen molar-refractivity contribution >= 4 is 17.5 Å². The molecule has 0 radical (unpaired) electrons. The molecule has 3 nitrogen and oxygen atoms in total. The number of rotatable bonds is 2. The summed E-state index contributed by atoms with van der Waals surface area (Å²) in [5, 5.41) is 0.587. The Hall–Kier alpha value is -1.22. The zero-order chi connectivity index (χ0) is 12.7. The van der Waals surface area contributed by atoms with Crippen LogP contribution in [0.4, 0.5) is 0 Å². The van der Waals surface area contributed by atoms with Gasteiger partial charge in [-0.05, 0) is 25.0 Å². The molecule has 1 aromatic carbocycles. The SMILES string of the molecule is COc1ccc2c(c1Cl)CN(C1CCCC1)C2=O. The monoisotopic (exact) mass is 265 g/mol. The average Bonchev–Trinajstić information content (AvgIpc) is 2.99. The van der Waals surface area contributed by atoms with Gasteiger partial charge in [-0.1, -0.05) is 24.4 Å². The van der Waals surface area contributed by atoms with E-state index in [4.69, 9.17) is 16.3 Å². The molecule has 0 saturated heterocycles. The molecule has 1 aromatic rings. The van der Waals surface area contributed by atoms with E-state index in [9.17, 15) is 4.79 Å². The molecule has 1 amide bonds. The largest absolute Gasteiger partial charge is 0.495 e. The number of hydrogen-bond acceptors (Lipinski definition) is 2. The molecule has 0 aromatic heterocycles. The van der Waals surface area contributed by atoms with E-state index >= 15 is 0 Å². The van der Waals surface area contributed by atoms with Gasteiger partial charge in [-0.2, -0.15) is 0 Å². The molecule has 1 saturated carbocycles. The highest BCUT2D eigenvalue weighted by molar-refractivity contribution is 6.33. The summed E-state index contributed by atoms with van der Waals surface area (Å²) in [5.74, 6) is 0.776. The number of carbonyl (C=O) groups is 1. The Morgan fingerprint density at radius 2 is 2.06 bits per heavy atom. The minimum atomic E-state index is 0.126. The van der Waals surface area contributed by atoms with Crippen LogP contribution in [0.2, 0.25) is 5.02 Å². The van der Waals surface area contributed by atoms with Crippen LogP contribution in [0.5, 0.6) is 5.75 Å². The predicted octanol–water partition coefficient (Wildman–Crippen LogP) is 3.25. The van der Waals surface area contributed by atoms with Gasteiger partial charge >= 0.3 is 0 Å².